The molecule has 0 aliphatic rings. The third-order valence-electron chi connectivity index (χ3n) is 10.9. The summed E-state index contributed by atoms with van der Waals surface area (Å²) in [6.07, 6.45) is 1.35. The van der Waals surface area contributed by atoms with Crippen LogP contribution in [0.2, 0.25) is 0 Å². The number of aliphatic carboxylic acids is 6. The normalized spacial score (nSPS) is 15.4. The topological polar surface area (TPSA) is 384 Å². The molecule has 0 heterocycles. The van der Waals surface area contributed by atoms with E-state index in [-0.39, 0.29) is 60.7 Å². The van der Waals surface area contributed by atoms with E-state index in [2.05, 4.69) is 0 Å². The lowest BCUT2D eigenvalue weighted by molar-refractivity contribution is -0.900. The van der Waals surface area contributed by atoms with Gasteiger partial charge in [-0.3, -0.25) is 28.8 Å². The van der Waals surface area contributed by atoms with Gasteiger partial charge in [0.15, 0.2) is 45.5 Å². The molecule has 0 bridgehead atoms. The molecule has 0 radical (unpaired) electrons. The molecule has 6 N–H and O–H groups in total. The fourth-order valence-electron chi connectivity index (χ4n) is 7.59. The molecule has 0 saturated heterocycles. The summed E-state index contributed by atoms with van der Waals surface area (Å²) in [4.78, 5) is 111. The molecule has 0 aromatic carbocycles. The van der Waals surface area contributed by atoms with Crippen LogP contribution in [0.15, 0.2) is 0 Å². The molecule has 426 valence electrons. The number of nitrogens with zero attached hydrogens (tertiary/aromatic N) is 4. The number of Topliss-reactive ketones (excluding diaryl/α,β-unsaturated/α-hetero) is 4. The summed E-state index contributed by atoms with van der Waals surface area (Å²) in [7, 11) is 21.0. The van der Waals surface area contributed by atoms with Crippen LogP contribution in [0.1, 0.15) is 124 Å². The first-order valence-corrected chi connectivity index (χ1v) is 24.1. The van der Waals surface area contributed by atoms with Gasteiger partial charge in [-0.1, -0.05) is 39.5 Å². The second kappa shape index (κ2) is 32.5. The minimum Gasteiger partial charge on any atom is -0.550 e. The van der Waals surface area contributed by atoms with E-state index in [1.54, 1.807) is 91.5 Å². The Labute approximate surface area is 431 Å². The SMILES string of the molecule is CC(C(O)(CC(=O)[O-])C(=O)CCCC(=O)O)[N+](C)(C)C.CCCCCC(=O)C(O)(CC(=O)[O-])C[N+](C)(C)C.CCCCCC(=O)C(O)(CC(=O)[O-])C[N+](C)(C)C.C[N+](C)(C)CC(O)(CC(=O)[O-])C(=O)CC(=O)O. The molecule has 5 atom stereocenters. The molecule has 0 aliphatic carbocycles. The summed E-state index contributed by atoms with van der Waals surface area (Å²) in [6, 6.07) is -0.669. The minimum absolute atomic E-state index is 0.0629. The van der Waals surface area contributed by atoms with E-state index in [9.17, 15) is 88.8 Å². The first-order chi connectivity index (χ1) is 32.6. The molecule has 0 aromatic heterocycles. The van der Waals surface area contributed by atoms with Crippen LogP contribution in [0.4, 0.5) is 0 Å². The maximum absolute atomic E-state index is 12.1. The molecule has 0 aliphatic heterocycles. The Hall–Kier alpha value is -4.82. The van der Waals surface area contributed by atoms with Crippen LogP contribution < -0.4 is 20.4 Å². The van der Waals surface area contributed by atoms with Crippen LogP contribution in [0, 0.1) is 0 Å². The number of likely N-dealkylation sites (N-methyl/N-ethyl adjacent to an activating group) is 4. The van der Waals surface area contributed by atoms with Crippen molar-refractivity contribution in [2.45, 2.75) is 152 Å². The number of rotatable bonds is 34. The Morgan fingerprint density at radius 3 is 0.932 bits per heavy atom. The number of hydrogen-bond acceptors (Lipinski definition) is 18. The van der Waals surface area contributed by atoms with E-state index in [4.69, 9.17) is 10.2 Å². The zero-order chi connectivity index (χ0) is 58.8. The van der Waals surface area contributed by atoms with Gasteiger partial charge >= 0.3 is 11.9 Å². The zero-order valence-electron chi connectivity index (χ0n) is 46.2. The first-order valence-electron chi connectivity index (χ1n) is 24.1. The lowest BCUT2D eigenvalue weighted by Crippen LogP contribution is -2.62. The van der Waals surface area contributed by atoms with E-state index in [1.807, 2.05) is 13.8 Å². The van der Waals surface area contributed by atoms with Gasteiger partial charge < -0.3 is 88.2 Å². The van der Waals surface area contributed by atoms with Gasteiger partial charge in [-0.25, -0.2) is 0 Å². The molecule has 5 unspecified atom stereocenters. The van der Waals surface area contributed by atoms with E-state index in [1.165, 1.54) is 0 Å². The molecule has 0 fully saturated rings. The van der Waals surface area contributed by atoms with Crippen molar-refractivity contribution in [3.8, 4) is 0 Å². The zero-order valence-corrected chi connectivity index (χ0v) is 46.2. The van der Waals surface area contributed by atoms with Crippen LogP contribution in [0.3, 0.4) is 0 Å². The smallest absolute Gasteiger partial charge is 0.310 e. The number of unbranched alkanes of at least 4 members (excludes halogenated alkanes) is 4. The largest absolute Gasteiger partial charge is 0.550 e. The highest BCUT2D eigenvalue weighted by Crippen LogP contribution is 2.26. The maximum atomic E-state index is 12.1. The average Bonchev–Trinajstić information content (AvgIpc) is 3.14. The Morgan fingerprint density at radius 1 is 0.411 bits per heavy atom. The maximum Gasteiger partial charge on any atom is 0.310 e. The monoisotopic (exact) mass is 1050 g/mol. The van der Waals surface area contributed by atoms with Gasteiger partial charge in [0, 0.05) is 75.2 Å². The van der Waals surface area contributed by atoms with Crippen molar-refractivity contribution in [1.82, 2.24) is 0 Å². The third kappa shape index (κ3) is 35.9. The second-order valence-corrected chi connectivity index (χ2v) is 22.8. The summed E-state index contributed by atoms with van der Waals surface area (Å²) in [6.45, 7) is 5.57. The van der Waals surface area contributed by atoms with Gasteiger partial charge in [-0.2, -0.15) is 0 Å². The van der Waals surface area contributed by atoms with Crippen molar-refractivity contribution in [1.29, 1.82) is 0 Å². The average molecular weight is 1060 g/mol. The summed E-state index contributed by atoms with van der Waals surface area (Å²) in [5.74, 6) is -10.8. The highest BCUT2D eigenvalue weighted by Gasteiger charge is 2.48. The molecule has 0 spiro atoms. The van der Waals surface area contributed by atoms with Gasteiger partial charge in [-0.15, -0.1) is 0 Å². The minimum atomic E-state index is -2.21. The van der Waals surface area contributed by atoms with Gasteiger partial charge in [0.25, 0.3) is 0 Å². The number of quaternary nitrogens is 4. The summed E-state index contributed by atoms with van der Waals surface area (Å²) in [5.41, 5.74) is -7.90. The van der Waals surface area contributed by atoms with Crippen LogP contribution in [0.5, 0.6) is 0 Å². The molecule has 0 rings (SSSR count). The number of carboxylic acid groups (broad SMARTS) is 6. The number of carboxylic acids is 6. The summed E-state index contributed by atoms with van der Waals surface area (Å²) < 4.78 is 0.955. The Morgan fingerprint density at radius 2 is 0.699 bits per heavy atom. The molecule has 24 heteroatoms. The Balaban J connectivity index is -0.000000436. The van der Waals surface area contributed by atoms with Crippen molar-refractivity contribution >= 4 is 58.9 Å². The van der Waals surface area contributed by atoms with Crippen molar-refractivity contribution in [2.75, 3.05) is 104 Å². The molecule has 0 aromatic rings. The van der Waals surface area contributed by atoms with Gasteiger partial charge in [0.1, 0.15) is 32.1 Å². The number of hydrogen-bond donors (Lipinski definition) is 6. The Kier molecular flexibility index (Phi) is 33.2. The fourth-order valence-corrected chi connectivity index (χ4v) is 7.59. The number of carbonyl (C=O) groups is 10. The van der Waals surface area contributed by atoms with Gasteiger partial charge in [-0.05, 0) is 26.2 Å². The Bertz CT molecular complexity index is 1770. The van der Waals surface area contributed by atoms with Gasteiger partial charge in [0.05, 0.1) is 84.6 Å². The highest BCUT2D eigenvalue weighted by atomic mass is 16.4. The molecule has 0 amide bonds. The van der Waals surface area contributed by atoms with E-state index in [0.29, 0.717) is 21.8 Å². The number of carbonyl (C=O) groups excluding carboxylic acids is 8. The highest BCUT2D eigenvalue weighted by molar-refractivity contribution is 6.01. The predicted molar refractivity (Wildman–Crippen MR) is 257 cm³/mol. The van der Waals surface area contributed by atoms with Crippen LogP contribution in [-0.4, -0.2) is 240 Å². The van der Waals surface area contributed by atoms with E-state index < -0.39 is 119 Å². The van der Waals surface area contributed by atoms with Crippen molar-refractivity contribution in [2.24, 2.45) is 0 Å². The summed E-state index contributed by atoms with van der Waals surface area (Å²) >= 11 is 0. The molecule has 73 heavy (non-hydrogen) atoms. The lowest BCUT2D eigenvalue weighted by atomic mass is 9.83. The van der Waals surface area contributed by atoms with Crippen LogP contribution >= 0.6 is 0 Å². The van der Waals surface area contributed by atoms with Crippen LogP contribution in [0.25, 0.3) is 0 Å². The molecule has 24 nitrogen and oxygen atoms in total. The third-order valence-corrected chi connectivity index (χ3v) is 10.9. The quantitative estimate of drug-likeness (QED) is 0.0202. The van der Waals surface area contributed by atoms with E-state index >= 15 is 0 Å². The molecule has 0 saturated carbocycles. The van der Waals surface area contributed by atoms with Crippen molar-refractivity contribution in [3.63, 3.8) is 0 Å². The first kappa shape index (κ1) is 74.7. The number of ketones is 4. The molecular formula is C49H90N4O20. The van der Waals surface area contributed by atoms with Crippen molar-refractivity contribution < 1.29 is 117 Å². The fraction of sp³-hybridized carbons (Fsp3) is 0.796. The standard InChI is InChI=1S/C13H23NO6.2C13H25NO4.C10H17NO6/c1-9(14(2,3)4)13(20,8-12(18)19)10(15)6-5-7-11(16)17;2*1-5-6-7-8-11(15)13(18,9-12(16)17)10-14(2,3)4;1-11(2,3)6-10(17,5-9(15)16)7(12)4-8(13)14/h9,20H,5-8H2,1-4H3,(H-,16,17,18,19);2*18H,5-10H2,1-4H3;17H,4-6H2,1-3H3,(H-,13,14,15,16). The van der Waals surface area contributed by atoms with Gasteiger partial charge in [0.2, 0.25) is 0 Å². The second-order valence-electron chi connectivity index (χ2n) is 22.8. The molecular weight excluding hydrogens is 965 g/mol. The summed E-state index contributed by atoms with van der Waals surface area (Å²) in [5, 5.41) is 101. The predicted octanol–water partition coefficient (Wildman–Crippen LogP) is -4.19. The van der Waals surface area contributed by atoms with E-state index in [0.717, 1.165) is 25.7 Å². The van der Waals surface area contributed by atoms with Crippen molar-refractivity contribution in [3.05, 3.63) is 0 Å². The number of aliphatic hydroxyl groups is 4. The lowest BCUT2D eigenvalue weighted by Gasteiger charge is -2.41. The van der Waals surface area contributed by atoms with Crippen LogP contribution in [-0.2, 0) is 47.9 Å².